The van der Waals surface area contributed by atoms with Crippen LogP contribution in [-0.4, -0.2) is 24.3 Å². The second kappa shape index (κ2) is 5.61. The Balaban J connectivity index is 2.19. The second-order valence-electron chi connectivity index (χ2n) is 4.02. The number of benzene rings is 1. The molecule has 0 amide bonds. The molecule has 2 N–H and O–H groups in total. The van der Waals surface area contributed by atoms with Crippen LogP contribution in [0.5, 0.6) is 0 Å². The zero-order valence-corrected chi connectivity index (χ0v) is 12.0. The van der Waals surface area contributed by atoms with Crippen molar-refractivity contribution >= 4 is 22.0 Å². The number of sulfonamides is 1. The average Bonchev–Trinajstić information content (AvgIpc) is 2.65. The monoisotopic (exact) mass is 302 g/mol. The summed E-state index contributed by atoms with van der Waals surface area (Å²) in [5, 5.41) is 8.87. The van der Waals surface area contributed by atoms with Crippen LogP contribution in [0, 0.1) is 0 Å². The molecule has 19 heavy (non-hydrogen) atoms. The van der Waals surface area contributed by atoms with Gasteiger partial charge in [0.15, 0.2) is 6.23 Å². The largest absolute Gasteiger partial charge is 0.254 e. The van der Waals surface area contributed by atoms with Crippen molar-refractivity contribution in [2.45, 2.75) is 25.0 Å². The molecule has 8 heteroatoms. The van der Waals surface area contributed by atoms with Crippen LogP contribution in [0.25, 0.3) is 0 Å². The Kier molecular flexibility index (Phi) is 4.29. The van der Waals surface area contributed by atoms with Gasteiger partial charge in [0, 0.05) is 4.91 Å². The number of nitrogens with zero attached hydrogens (tertiary/aromatic N) is 1. The minimum Gasteiger partial charge on any atom is -0.250 e. The number of nitrogens with one attached hydrogen (secondary N) is 1. The van der Waals surface area contributed by atoms with Crippen LogP contribution in [0.4, 0.5) is 0 Å². The van der Waals surface area contributed by atoms with E-state index in [0.717, 1.165) is 10.5 Å². The Hall–Kier alpha value is -0.900. The van der Waals surface area contributed by atoms with Gasteiger partial charge in [-0.3, -0.25) is 0 Å². The molecule has 104 valence electrons. The van der Waals surface area contributed by atoms with Crippen LogP contribution in [0.3, 0.4) is 0 Å². The van der Waals surface area contributed by atoms with E-state index >= 15 is 0 Å². The third-order valence-corrected chi connectivity index (χ3v) is 5.26. The highest BCUT2D eigenvalue weighted by Crippen LogP contribution is 2.36. The lowest BCUT2D eigenvalue weighted by Crippen LogP contribution is -2.43. The lowest BCUT2D eigenvalue weighted by atomic mass is 10.2. The lowest BCUT2D eigenvalue weighted by Gasteiger charge is -2.21. The van der Waals surface area contributed by atoms with Crippen LogP contribution in [-0.2, 0) is 14.9 Å². The Labute approximate surface area is 116 Å². The van der Waals surface area contributed by atoms with E-state index in [0.29, 0.717) is 0 Å². The van der Waals surface area contributed by atoms with E-state index in [-0.39, 0.29) is 4.90 Å². The van der Waals surface area contributed by atoms with Crippen molar-refractivity contribution in [2.24, 2.45) is 0 Å². The first kappa shape index (κ1) is 14.5. The smallest absolute Gasteiger partial charge is 0.250 e. The number of rotatable bonds is 4. The van der Waals surface area contributed by atoms with Crippen molar-refractivity contribution in [3.8, 4) is 0 Å². The van der Waals surface area contributed by atoms with Gasteiger partial charge in [-0.1, -0.05) is 18.2 Å². The normalized spacial score (nSPS) is 21.1. The van der Waals surface area contributed by atoms with Crippen LogP contribution in [0.1, 0.15) is 13.8 Å². The van der Waals surface area contributed by atoms with E-state index in [4.69, 9.17) is 5.26 Å². The molecular weight excluding hydrogens is 288 g/mol. The first-order valence-electron chi connectivity index (χ1n) is 5.48. The molecule has 1 unspecified atom stereocenters. The first-order chi connectivity index (χ1) is 8.95. The van der Waals surface area contributed by atoms with Crippen LogP contribution < -0.4 is 4.83 Å². The van der Waals surface area contributed by atoms with E-state index in [9.17, 15) is 8.42 Å². The molecule has 6 nitrogen and oxygen atoms in total. The van der Waals surface area contributed by atoms with E-state index in [1.807, 2.05) is 6.92 Å². The minimum atomic E-state index is -3.70. The van der Waals surface area contributed by atoms with Gasteiger partial charge in [-0.2, -0.15) is 0 Å². The third-order valence-electron chi connectivity index (χ3n) is 2.74. The maximum absolute atomic E-state index is 12.1. The Morgan fingerprint density at radius 1 is 1.32 bits per heavy atom. The van der Waals surface area contributed by atoms with E-state index in [1.165, 1.54) is 28.5 Å². The fraction of sp³-hybridized carbons (Fsp3) is 0.273. The molecule has 1 aliphatic rings. The molecule has 1 atom stereocenters. The molecule has 1 heterocycles. The third kappa shape index (κ3) is 2.99. The van der Waals surface area contributed by atoms with E-state index in [2.05, 4.69) is 9.72 Å². The van der Waals surface area contributed by atoms with Gasteiger partial charge >= 0.3 is 0 Å². The van der Waals surface area contributed by atoms with Crippen LogP contribution in [0.15, 0.2) is 45.7 Å². The summed E-state index contributed by atoms with van der Waals surface area (Å²) in [6.45, 7) is 3.59. The first-order valence-corrected chi connectivity index (χ1v) is 7.73. The minimum absolute atomic E-state index is 0.148. The average molecular weight is 302 g/mol. The highest BCUT2D eigenvalue weighted by molar-refractivity contribution is 8.01. The van der Waals surface area contributed by atoms with Crippen LogP contribution >= 0.6 is 11.9 Å². The molecule has 0 bridgehead atoms. The molecule has 1 aromatic carbocycles. The predicted molar refractivity (Wildman–Crippen MR) is 72.1 cm³/mol. The number of allylic oxidation sites excluding steroid dienone is 1. The quantitative estimate of drug-likeness (QED) is 0.503. The summed E-state index contributed by atoms with van der Waals surface area (Å²) in [5.41, 5.74) is 0.753. The fourth-order valence-corrected chi connectivity index (χ4v) is 3.81. The summed E-state index contributed by atoms with van der Waals surface area (Å²) < 4.78 is 25.5. The Morgan fingerprint density at radius 3 is 2.53 bits per heavy atom. The summed E-state index contributed by atoms with van der Waals surface area (Å²) in [5.74, 6) is 0. The SMILES string of the molecule is CC1=C(C)C(OO)N(NS(=O)(=O)c2ccccc2)S1. The van der Waals surface area contributed by atoms with E-state index in [1.54, 1.807) is 25.1 Å². The van der Waals surface area contributed by atoms with Gasteiger partial charge in [0.05, 0.1) is 4.90 Å². The lowest BCUT2D eigenvalue weighted by molar-refractivity contribution is -0.290. The maximum Gasteiger partial charge on any atom is 0.254 e. The molecule has 2 rings (SSSR count). The van der Waals surface area contributed by atoms with Gasteiger partial charge in [-0.25, -0.2) is 18.6 Å². The summed E-state index contributed by atoms with van der Waals surface area (Å²) in [6, 6.07) is 8.00. The topological polar surface area (TPSA) is 78.9 Å². The maximum atomic E-state index is 12.1. The highest BCUT2D eigenvalue weighted by Gasteiger charge is 2.34. The molecule has 1 aliphatic heterocycles. The van der Waals surface area contributed by atoms with Gasteiger partial charge in [0.1, 0.15) is 0 Å². The predicted octanol–water partition coefficient (Wildman–Crippen LogP) is 1.95. The van der Waals surface area contributed by atoms with Crippen molar-refractivity contribution in [3.63, 3.8) is 0 Å². The molecule has 0 aliphatic carbocycles. The standard InChI is InChI=1S/C11H14N2O4S2/c1-8-9(2)18-13(11(8)17-14)12-19(15,16)10-6-4-3-5-7-10/h3-7,11-12,14H,1-2H3. The van der Waals surface area contributed by atoms with Gasteiger partial charge in [0.2, 0.25) is 0 Å². The van der Waals surface area contributed by atoms with Gasteiger partial charge in [-0.15, -0.1) is 9.25 Å². The molecular formula is C11H14N2O4S2. The van der Waals surface area contributed by atoms with Crippen molar-refractivity contribution < 1.29 is 18.6 Å². The van der Waals surface area contributed by atoms with E-state index < -0.39 is 16.3 Å². The summed E-state index contributed by atoms with van der Waals surface area (Å²) in [4.78, 5) is 7.70. The van der Waals surface area contributed by atoms with Crippen molar-refractivity contribution in [1.82, 2.24) is 9.25 Å². The van der Waals surface area contributed by atoms with Gasteiger partial charge in [0.25, 0.3) is 10.0 Å². The zero-order valence-electron chi connectivity index (χ0n) is 10.4. The zero-order chi connectivity index (χ0) is 14.0. The molecule has 0 saturated heterocycles. The van der Waals surface area contributed by atoms with Gasteiger partial charge in [-0.05, 0) is 43.5 Å². The number of hydrogen-bond donors (Lipinski definition) is 2. The molecule has 0 fully saturated rings. The molecule has 0 radical (unpaired) electrons. The molecule has 1 aromatic rings. The fourth-order valence-electron chi connectivity index (χ4n) is 1.58. The molecule has 0 spiro atoms. The van der Waals surface area contributed by atoms with Gasteiger partial charge < -0.3 is 0 Å². The number of hydrazine groups is 1. The molecule has 0 aromatic heterocycles. The second-order valence-corrected chi connectivity index (χ2v) is 6.87. The summed E-state index contributed by atoms with van der Waals surface area (Å²) >= 11 is 1.17. The van der Waals surface area contributed by atoms with Crippen molar-refractivity contribution in [2.75, 3.05) is 0 Å². The molecule has 0 saturated carbocycles. The van der Waals surface area contributed by atoms with Crippen molar-refractivity contribution in [3.05, 3.63) is 40.8 Å². The number of hydrogen-bond acceptors (Lipinski definition) is 6. The highest BCUT2D eigenvalue weighted by atomic mass is 32.2. The van der Waals surface area contributed by atoms with Crippen molar-refractivity contribution in [1.29, 1.82) is 0 Å². The Morgan fingerprint density at radius 2 is 1.95 bits per heavy atom. The Bertz CT molecular complexity index is 586. The van der Waals surface area contributed by atoms with Crippen LogP contribution in [0.2, 0.25) is 0 Å². The summed E-state index contributed by atoms with van der Waals surface area (Å²) in [7, 11) is -3.70. The summed E-state index contributed by atoms with van der Waals surface area (Å²) in [6.07, 6.45) is -0.830.